The van der Waals surface area contributed by atoms with Crippen molar-refractivity contribution in [3.63, 3.8) is 0 Å². The number of rotatable bonds is 4. The van der Waals surface area contributed by atoms with Crippen molar-refractivity contribution >= 4 is 50.3 Å². The number of benzene rings is 2. The molecule has 0 saturated carbocycles. The number of non-ortho nitro benzene ring substituents is 1. The first-order chi connectivity index (χ1) is 9.49. The molecule has 7 heteroatoms. The molecule has 5 nitrogen and oxygen atoms in total. The smallest absolute Gasteiger partial charge is 0.273 e. The molecule has 0 fully saturated rings. The van der Waals surface area contributed by atoms with Gasteiger partial charge in [-0.25, -0.2) is 0 Å². The molecule has 0 aliphatic rings. The highest BCUT2D eigenvalue weighted by molar-refractivity contribution is 9.10. The van der Waals surface area contributed by atoms with E-state index in [0.29, 0.717) is 16.4 Å². The third-order valence-electron chi connectivity index (χ3n) is 2.62. The van der Waals surface area contributed by atoms with Crippen molar-refractivity contribution in [2.75, 3.05) is 17.7 Å². The minimum absolute atomic E-state index is 0.0116. The van der Waals surface area contributed by atoms with E-state index in [1.54, 1.807) is 31.3 Å². The molecule has 0 aliphatic carbocycles. The quantitative estimate of drug-likeness (QED) is 0.610. The normalized spacial score (nSPS) is 10.2. The third kappa shape index (κ3) is 3.40. The Morgan fingerprint density at radius 1 is 1.20 bits per heavy atom. The first kappa shape index (κ1) is 14.6. The van der Waals surface area contributed by atoms with Gasteiger partial charge in [0.15, 0.2) is 0 Å². The van der Waals surface area contributed by atoms with Gasteiger partial charge in [0.05, 0.1) is 10.6 Å². The van der Waals surface area contributed by atoms with Crippen molar-refractivity contribution in [1.29, 1.82) is 0 Å². The lowest BCUT2D eigenvalue weighted by Crippen LogP contribution is -1.97. The van der Waals surface area contributed by atoms with Crippen molar-refractivity contribution in [3.05, 3.63) is 56.0 Å². The second kappa shape index (κ2) is 6.11. The van der Waals surface area contributed by atoms with Gasteiger partial charge in [0, 0.05) is 40.1 Å². The van der Waals surface area contributed by atoms with Crippen LogP contribution in [-0.4, -0.2) is 12.0 Å². The molecular formula is C13H11BrClN3O2. The van der Waals surface area contributed by atoms with Gasteiger partial charge in [-0.3, -0.25) is 10.1 Å². The molecule has 2 rings (SSSR count). The van der Waals surface area contributed by atoms with Gasteiger partial charge in [-0.1, -0.05) is 11.6 Å². The summed E-state index contributed by atoms with van der Waals surface area (Å²) in [6.45, 7) is 0. The van der Waals surface area contributed by atoms with E-state index in [2.05, 4.69) is 26.6 Å². The highest BCUT2D eigenvalue weighted by Gasteiger charge is 2.10. The van der Waals surface area contributed by atoms with Crippen LogP contribution in [0.5, 0.6) is 0 Å². The summed E-state index contributed by atoms with van der Waals surface area (Å²) in [4.78, 5) is 10.5. The fraction of sp³-hybridized carbons (Fsp3) is 0.0769. The number of anilines is 3. The van der Waals surface area contributed by atoms with Gasteiger partial charge in [0.2, 0.25) is 0 Å². The number of nitrogens with zero attached hydrogens (tertiary/aromatic N) is 1. The molecule has 0 atom stereocenters. The van der Waals surface area contributed by atoms with Crippen LogP contribution in [0.4, 0.5) is 22.7 Å². The van der Waals surface area contributed by atoms with Crippen LogP contribution >= 0.6 is 27.5 Å². The van der Waals surface area contributed by atoms with Crippen molar-refractivity contribution in [2.45, 2.75) is 0 Å². The Labute approximate surface area is 129 Å². The van der Waals surface area contributed by atoms with Gasteiger partial charge >= 0.3 is 0 Å². The second-order valence-electron chi connectivity index (χ2n) is 4.02. The lowest BCUT2D eigenvalue weighted by Gasteiger charge is -2.10. The Bertz CT molecular complexity index is 664. The maximum Gasteiger partial charge on any atom is 0.273 e. The SMILES string of the molecule is CNc1cc(Nc2cc(Cl)ccc2Br)cc([N+](=O)[O-])c1. The molecule has 104 valence electrons. The standard InChI is InChI=1S/C13H11BrClN3O2/c1-16-9-5-10(7-11(6-9)18(19)20)17-13-4-8(15)2-3-12(13)14/h2-7,16-17H,1H3. The summed E-state index contributed by atoms with van der Waals surface area (Å²) in [5.41, 5.74) is 2.00. The Balaban J connectivity index is 2.39. The van der Waals surface area contributed by atoms with Crippen LogP contribution in [0.1, 0.15) is 0 Å². The minimum atomic E-state index is -0.432. The zero-order valence-electron chi connectivity index (χ0n) is 10.5. The summed E-state index contributed by atoms with van der Waals surface area (Å²) in [6.07, 6.45) is 0. The van der Waals surface area contributed by atoms with Crippen LogP contribution in [0, 0.1) is 10.1 Å². The van der Waals surface area contributed by atoms with Crippen LogP contribution in [0.15, 0.2) is 40.9 Å². The largest absolute Gasteiger partial charge is 0.388 e. The summed E-state index contributed by atoms with van der Waals surface area (Å²) in [6, 6.07) is 10.0. The molecule has 0 aliphatic heterocycles. The summed E-state index contributed by atoms with van der Waals surface area (Å²) in [5.74, 6) is 0. The zero-order chi connectivity index (χ0) is 14.7. The number of nitrogens with one attached hydrogen (secondary N) is 2. The van der Waals surface area contributed by atoms with Gasteiger partial charge in [-0.15, -0.1) is 0 Å². The monoisotopic (exact) mass is 355 g/mol. The molecule has 0 aromatic heterocycles. The Morgan fingerprint density at radius 3 is 2.55 bits per heavy atom. The molecule has 0 radical (unpaired) electrons. The van der Waals surface area contributed by atoms with Crippen LogP contribution in [0.2, 0.25) is 5.02 Å². The predicted octanol–water partition coefficient (Wildman–Crippen LogP) is 4.80. The molecular weight excluding hydrogens is 346 g/mol. The molecule has 0 amide bonds. The van der Waals surface area contributed by atoms with Gasteiger partial charge in [0.25, 0.3) is 5.69 Å². The average molecular weight is 357 g/mol. The van der Waals surface area contributed by atoms with Gasteiger partial charge < -0.3 is 10.6 Å². The highest BCUT2D eigenvalue weighted by Crippen LogP contribution is 2.31. The lowest BCUT2D eigenvalue weighted by atomic mass is 10.2. The number of hydrogen-bond donors (Lipinski definition) is 2. The molecule has 2 N–H and O–H groups in total. The topological polar surface area (TPSA) is 67.2 Å². The molecule has 20 heavy (non-hydrogen) atoms. The van der Waals surface area contributed by atoms with Crippen molar-refractivity contribution in [1.82, 2.24) is 0 Å². The van der Waals surface area contributed by atoms with Gasteiger partial charge in [-0.2, -0.15) is 0 Å². The lowest BCUT2D eigenvalue weighted by molar-refractivity contribution is -0.384. The van der Waals surface area contributed by atoms with Crippen LogP contribution in [0.3, 0.4) is 0 Å². The van der Waals surface area contributed by atoms with Gasteiger partial charge in [-0.05, 0) is 40.2 Å². The first-order valence-electron chi connectivity index (χ1n) is 5.69. The third-order valence-corrected chi connectivity index (χ3v) is 3.55. The number of nitro benzene ring substituents is 1. The second-order valence-corrected chi connectivity index (χ2v) is 5.32. The van der Waals surface area contributed by atoms with E-state index in [1.165, 1.54) is 12.1 Å². The fourth-order valence-electron chi connectivity index (χ4n) is 1.68. The van der Waals surface area contributed by atoms with Crippen LogP contribution in [0.25, 0.3) is 0 Å². The highest BCUT2D eigenvalue weighted by atomic mass is 79.9. The van der Waals surface area contributed by atoms with E-state index in [9.17, 15) is 10.1 Å². The Kier molecular flexibility index (Phi) is 4.46. The summed E-state index contributed by atoms with van der Waals surface area (Å²) >= 11 is 9.34. The van der Waals surface area contributed by atoms with Crippen molar-refractivity contribution in [3.8, 4) is 0 Å². The van der Waals surface area contributed by atoms with E-state index in [-0.39, 0.29) is 5.69 Å². The number of nitro groups is 1. The van der Waals surface area contributed by atoms with Crippen LogP contribution < -0.4 is 10.6 Å². The maximum atomic E-state index is 10.9. The molecule has 2 aromatic rings. The molecule has 0 unspecified atom stereocenters. The number of hydrogen-bond acceptors (Lipinski definition) is 4. The maximum absolute atomic E-state index is 10.9. The predicted molar refractivity (Wildman–Crippen MR) is 85.1 cm³/mol. The minimum Gasteiger partial charge on any atom is -0.388 e. The molecule has 0 bridgehead atoms. The number of halogens is 2. The Hall–Kier alpha value is -1.79. The van der Waals surface area contributed by atoms with E-state index in [0.717, 1.165) is 10.2 Å². The first-order valence-corrected chi connectivity index (χ1v) is 6.86. The molecule has 0 heterocycles. The van der Waals surface area contributed by atoms with E-state index in [4.69, 9.17) is 11.6 Å². The molecule has 2 aromatic carbocycles. The van der Waals surface area contributed by atoms with Crippen LogP contribution in [-0.2, 0) is 0 Å². The Morgan fingerprint density at radius 2 is 1.90 bits per heavy atom. The van der Waals surface area contributed by atoms with E-state index < -0.39 is 4.92 Å². The summed E-state index contributed by atoms with van der Waals surface area (Å²) in [5, 5.41) is 17.5. The fourth-order valence-corrected chi connectivity index (χ4v) is 2.20. The summed E-state index contributed by atoms with van der Waals surface area (Å²) in [7, 11) is 1.71. The average Bonchev–Trinajstić information content (AvgIpc) is 2.42. The van der Waals surface area contributed by atoms with E-state index >= 15 is 0 Å². The van der Waals surface area contributed by atoms with Gasteiger partial charge in [0.1, 0.15) is 0 Å². The van der Waals surface area contributed by atoms with Crippen molar-refractivity contribution in [2.24, 2.45) is 0 Å². The van der Waals surface area contributed by atoms with E-state index in [1.807, 2.05) is 0 Å². The van der Waals surface area contributed by atoms with Crippen molar-refractivity contribution < 1.29 is 4.92 Å². The zero-order valence-corrected chi connectivity index (χ0v) is 12.8. The molecule has 0 saturated heterocycles. The molecule has 0 spiro atoms. The summed E-state index contributed by atoms with van der Waals surface area (Å²) < 4.78 is 0.819.